The van der Waals surface area contributed by atoms with Crippen molar-refractivity contribution < 1.29 is 4.74 Å². The maximum Gasteiger partial charge on any atom is 0.0478 e. The summed E-state index contributed by atoms with van der Waals surface area (Å²) in [5.41, 5.74) is 6.18. The summed E-state index contributed by atoms with van der Waals surface area (Å²) >= 11 is 0. The molecule has 0 amide bonds. The van der Waals surface area contributed by atoms with Crippen molar-refractivity contribution >= 4 is 0 Å². The van der Waals surface area contributed by atoms with Gasteiger partial charge in [-0.05, 0) is 24.0 Å². The molecule has 3 nitrogen and oxygen atoms in total. The Labute approximate surface area is 140 Å². The van der Waals surface area contributed by atoms with E-state index in [1.807, 2.05) is 0 Å². The van der Waals surface area contributed by atoms with Crippen molar-refractivity contribution in [1.29, 1.82) is 0 Å². The highest BCUT2D eigenvalue weighted by molar-refractivity contribution is 5.16. The SMILES string of the molecule is CCCOCCCNN(Cc1ccccc1)Cc1ccccc1. The third-order valence-electron chi connectivity index (χ3n) is 3.58. The first-order chi connectivity index (χ1) is 11.4. The molecule has 124 valence electrons. The van der Waals surface area contributed by atoms with E-state index >= 15 is 0 Å². The van der Waals surface area contributed by atoms with Gasteiger partial charge in [0.05, 0.1) is 0 Å². The molecule has 0 spiro atoms. The quantitative estimate of drug-likeness (QED) is 0.501. The number of rotatable bonds is 11. The van der Waals surface area contributed by atoms with Crippen LogP contribution >= 0.6 is 0 Å². The van der Waals surface area contributed by atoms with Crippen LogP contribution in [-0.4, -0.2) is 24.8 Å². The summed E-state index contributed by atoms with van der Waals surface area (Å²) in [7, 11) is 0. The standard InChI is InChI=1S/C20H28N2O/c1-2-15-23-16-9-14-21-22(17-19-10-5-3-6-11-19)18-20-12-7-4-8-13-20/h3-8,10-13,21H,2,9,14-18H2,1H3. The number of nitrogens with one attached hydrogen (secondary N) is 1. The zero-order chi connectivity index (χ0) is 16.2. The van der Waals surface area contributed by atoms with Gasteiger partial charge in [-0.25, -0.2) is 5.01 Å². The second kappa shape index (κ2) is 10.9. The lowest BCUT2D eigenvalue weighted by Gasteiger charge is -2.24. The summed E-state index contributed by atoms with van der Waals surface area (Å²) < 4.78 is 5.54. The first-order valence-electron chi connectivity index (χ1n) is 8.52. The van der Waals surface area contributed by atoms with Gasteiger partial charge in [0, 0.05) is 32.8 Å². The van der Waals surface area contributed by atoms with Gasteiger partial charge in [-0.15, -0.1) is 0 Å². The van der Waals surface area contributed by atoms with E-state index < -0.39 is 0 Å². The molecule has 2 rings (SSSR count). The van der Waals surface area contributed by atoms with Crippen molar-refractivity contribution in [2.45, 2.75) is 32.9 Å². The Balaban J connectivity index is 1.83. The first kappa shape index (κ1) is 17.7. The maximum atomic E-state index is 5.54. The molecule has 0 bridgehead atoms. The Morgan fingerprint density at radius 1 is 0.826 bits per heavy atom. The minimum absolute atomic E-state index is 0.825. The van der Waals surface area contributed by atoms with E-state index in [4.69, 9.17) is 4.74 Å². The van der Waals surface area contributed by atoms with Crippen molar-refractivity contribution in [3.8, 4) is 0 Å². The highest BCUT2D eigenvalue weighted by Crippen LogP contribution is 2.08. The van der Waals surface area contributed by atoms with Crippen LogP contribution in [0.2, 0.25) is 0 Å². The number of hydrogen-bond donors (Lipinski definition) is 1. The monoisotopic (exact) mass is 312 g/mol. The van der Waals surface area contributed by atoms with Crippen LogP contribution in [0.4, 0.5) is 0 Å². The predicted octanol–water partition coefficient (Wildman–Crippen LogP) is 4.01. The highest BCUT2D eigenvalue weighted by atomic mass is 16.5. The van der Waals surface area contributed by atoms with Crippen LogP contribution in [0.25, 0.3) is 0 Å². The molecule has 0 aliphatic carbocycles. The molecule has 23 heavy (non-hydrogen) atoms. The van der Waals surface area contributed by atoms with E-state index in [0.29, 0.717) is 0 Å². The third-order valence-corrected chi connectivity index (χ3v) is 3.58. The Hall–Kier alpha value is -1.68. The smallest absolute Gasteiger partial charge is 0.0478 e. The minimum atomic E-state index is 0.825. The van der Waals surface area contributed by atoms with Crippen molar-refractivity contribution in [3.05, 3.63) is 71.8 Å². The van der Waals surface area contributed by atoms with E-state index in [1.54, 1.807) is 0 Å². The van der Waals surface area contributed by atoms with Crippen LogP contribution in [-0.2, 0) is 17.8 Å². The molecule has 2 aromatic rings. The summed E-state index contributed by atoms with van der Waals surface area (Å²) in [5.74, 6) is 0. The van der Waals surface area contributed by atoms with Crippen LogP contribution in [0.3, 0.4) is 0 Å². The van der Waals surface area contributed by atoms with Gasteiger partial charge in [0.25, 0.3) is 0 Å². The van der Waals surface area contributed by atoms with Gasteiger partial charge in [-0.2, -0.15) is 0 Å². The fraction of sp³-hybridized carbons (Fsp3) is 0.400. The van der Waals surface area contributed by atoms with Gasteiger partial charge in [-0.3, -0.25) is 5.43 Å². The lowest BCUT2D eigenvalue weighted by Crippen LogP contribution is -2.37. The van der Waals surface area contributed by atoms with Crippen LogP contribution in [0.1, 0.15) is 30.9 Å². The fourth-order valence-corrected chi connectivity index (χ4v) is 2.43. The lowest BCUT2D eigenvalue weighted by molar-refractivity contribution is 0.116. The van der Waals surface area contributed by atoms with Gasteiger partial charge in [-0.1, -0.05) is 67.6 Å². The molecule has 0 unspecified atom stereocenters. The molecule has 3 heteroatoms. The summed E-state index contributed by atoms with van der Waals surface area (Å²) in [5, 5.41) is 2.28. The second-order valence-corrected chi connectivity index (χ2v) is 5.70. The van der Waals surface area contributed by atoms with E-state index in [2.05, 4.69) is 78.0 Å². The van der Waals surface area contributed by atoms with Crippen LogP contribution in [0.15, 0.2) is 60.7 Å². The normalized spacial score (nSPS) is 11.0. The summed E-state index contributed by atoms with van der Waals surface area (Å²) in [6.07, 6.45) is 2.11. The van der Waals surface area contributed by atoms with E-state index in [9.17, 15) is 0 Å². The number of benzene rings is 2. The fourth-order valence-electron chi connectivity index (χ4n) is 2.43. The molecule has 0 aliphatic rings. The Morgan fingerprint density at radius 3 is 1.91 bits per heavy atom. The minimum Gasteiger partial charge on any atom is -0.381 e. The van der Waals surface area contributed by atoms with Gasteiger partial charge in [0.15, 0.2) is 0 Å². The van der Waals surface area contributed by atoms with Crippen LogP contribution in [0, 0.1) is 0 Å². The van der Waals surface area contributed by atoms with Crippen molar-refractivity contribution in [2.24, 2.45) is 0 Å². The molecule has 0 saturated carbocycles. The Bertz CT molecular complexity index is 474. The van der Waals surface area contributed by atoms with E-state index in [1.165, 1.54) is 11.1 Å². The zero-order valence-electron chi connectivity index (χ0n) is 14.1. The van der Waals surface area contributed by atoms with Crippen molar-refractivity contribution in [3.63, 3.8) is 0 Å². The summed E-state index contributed by atoms with van der Waals surface area (Å²) in [6, 6.07) is 21.2. The third kappa shape index (κ3) is 7.42. The number of hydrazine groups is 1. The lowest BCUT2D eigenvalue weighted by atomic mass is 10.2. The molecule has 0 saturated heterocycles. The molecule has 0 fully saturated rings. The molecular formula is C20H28N2O. The molecule has 0 heterocycles. The second-order valence-electron chi connectivity index (χ2n) is 5.70. The average molecular weight is 312 g/mol. The number of nitrogens with zero attached hydrogens (tertiary/aromatic N) is 1. The van der Waals surface area contributed by atoms with Gasteiger partial charge >= 0.3 is 0 Å². The maximum absolute atomic E-state index is 5.54. The molecule has 0 aromatic heterocycles. The van der Waals surface area contributed by atoms with Crippen LogP contribution in [0.5, 0.6) is 0 Å². The van der Waals surface area contributed by atoms with Gasteiger partial charge in [0.2, 0.25) is 0 Å². The predicted molar refractivity (Wildman–Crippen MR) is 95.9 cm³/mol. The highest BCUT2D eigenvalue weighted by Gasteiger charge is 2.06. The summed E-state index contributed by atoms with van der Waals surface area (Å²) in [6.45, 7) is 6.54. The molecule has 0 radical (unpaired) electrons. The topological polar surface area (TPSA) is 24.5 Å². The molecule has 0 atom stereocenters. The number of hydrogen-bond acceptors (Lipinski definition) is 3. The van der Waals surface area contributed by atoms with Gasteiger partial charge < -0.3 is 4.74 Å². The molecule has 2 aromatic carbocycles. The van der Waals surface area contributed by atoms with Crippen molar-refractivity contribution in [2.75, 3.05) is 19.8 Å². The Kier molecular flexibility index (Phi) is 8.41. The van der Waals surface area contributed by atoms with Crippen molar-refractivity contribution in [1.82, 2.24) is 10.4 Å². The summed E-state index contributed by atoms with van der Waals surface area (Å²) in [4.78, 5) is 0. The molecule has 0 aliphatic heterocycles. The average Bonchev–Trinajstić information content (AvgIpc) is 2.60. The van der Waals surface area contributed by atoms with E-state index in [-0.39, 0.29) is 0 Å². The molecule has 1 N–H and O–H groups in total. The van der Waals surface area contributed by atoms with E-state index in [0.717, 1.165) is 45.7 Å². The number of ether oxygens (including phenoxy) is 1. The Morgan fingerprint density at radius 2 is 1.39 bits per heavy atom. The van der Waals surface area contributed by atoms with Gasteiger partial charge in [0.1, 0.15) is 0 Å². The largest absolute Gasteiger partial charge is 0.381 e. The van der Waals surface area contributed by atoms with Crippen LogP contribution < -0.4 is 5.43 Å². The first-order valence-corrected chi connectivity index (χ1v) is 8.52. The zero-order valence-corrected chi connectivity index (χ0v) is 14.1. The molecular weight excluding hydrogens is 284 g/mol.